The number of likely N-dealkylation sites (tertiary alicyclic amines) is 1. The molecular formula is C16H24N2. The Bertz CT molecular complexity index is 419. The smallest absolute Gasteiger partial charge is 0.00356 e. The molecule has 2 heteroatoms. The molecule has 0 saturated carbocycles. The molecule has 2 saturated heterocycles. The Morgan fingerprint density at radius 1 is 1.22 bits per heavy atom. The Morgan fingerprint density at radius 3 is 2.67 bits per heavy atom. The summed E-state index contributed by atoms with van der Waals surface area (Å²) >= 11 is 0. The number of benzene rings is 1. The van der Waals surface area contributed by atoms with Crippen LogP contribution < -0.4 is 5.32 Å². The number of nitrogens with one attached hydrogen (secondary N) is 1. The van der Waals surface area contributed by atoms with Crippen molar-refractivity contribution in [3.8, 4) is 0 Å². The zero-order valence-electron chi connectivity index (χ0n) is 11.6. The van der Waals surface area contributed by atoms with Crippen LogP contribution in [0.2, 0.25) is 0 Å². The van der Waals surface area contributed by atoms with E-state index in [0.717, 1.165) is 6.54 Å². The molecular weight excluding hydrogens is 220 g/mol. The predicted molar refractivity (Wildman–Crippen MR) is 76.0 cm³/mol. The highest BCUT2D eigenvalue weighted by molar-refractivity contribution is 5.32. The molecule has 2 heterocycles. The Hall–Kier alpha value is -0.860. The Balaban J connectivity index is 1.90. The van der Waals surface area contributed by atoms with Crippen molar-refractivity contribution in [2.24, 2.45) is 5.41 Å². The molecule has 0 amide bonds. The number of nitrogens with zero attached hydrogens (tertiary/aromatic N) is 1. The monoisotopic (exact) mass is 244 g/mol. The normalized spacial score (nSPS) is 27.8. The van der Waals surface area contributed by atoms with Crippen molar-refractivity contribution >= 4 is 0 Å². The third kappa shape index (κ3) is 1.98. The van der Waals surface area contributed by atoms with E-state index in [4.69, 9.17) is 0 Å². The maximum absolute atomic E-state index is 3.65. The van der Waals surface area contributed by atoms with Gasteiger partial charge in [0.2, 0.25) is 0 Å². The average Bonchev–Trinajstić information content (AvgIpc) is 2.78. The standard InChI is InChI=1S/C16H24N2/c1-13-5-3-4-6-14(13)15-11-17-12-16(15)7-9-18(2)10-8-16/h3-6,15,17H,7-12H2,1-2H3. The second-order valence-corrected chi connectivity index (χ2v) is 6.21. The molecule has 2 aliphatic heterocycles. The second-order valence-electron chi connectivity index (χ2n) is 6.21. The minimum Gasteiger partial charge on any atom is -0.316 e. The molecule has 0 aromatic heterocycles. The summed E-state index contributed by atoms with van der Waals surface area (Å²) in [5.74, 6) is 0.715. The van der Waals surface area contributed by atoms with Gasteiger partial charge in [-0.2, -0.15) is 0 Å². The van der Waals surface area contributed by atoms with Crippen LogP contribution in [0.25, 0.3) is 0 Å². The van der Waals surface area contributed by atoms with Gasteiger partial charge < -0.3 is 10.2 Å². The molecule has 98 valence electrons. The number of piperidine rings is 1. The van der Waals surface area contributed by atoms with E-state index in [-0.39, 0.29) is 0 Å². The van der Waals surface area contributed by atoms with E-state index in [1.807, 2.05) is 0 Å². The van der Waals surface area contributed by atoms with Crippen LogP contribution in [0.4, 0.5) is 0 Å². The number of aryl methyl sites for hydroxylation is 1. The van der Waals surface area contributed by atoms with Crippen molar-refractivity contribution in [3.63, 3.8) is 0 Å². The van der Waals surface area contributed by atoms with E-state index in [1.165, 1.54) is 38.0 Å². The average molecular weight is 244 g/mol. The van der Waals surface area contributed by atoms with Gasteiger partial charge in [-0.05, 0) is 56.4 Å². The minimum atomic E-state index is 0.513. The lowest BCUT2D eigenvalue weighted by atomic mass is 9.68. The van der Waals surface area contributed by atoms with Gasteiger partial charge in [0.15, 0.2) is 0 Å². The van der Waals surface area contributed by atoms with Crippen LogP contribution in [-0.2, 0) is 0 Å². The molecule has 3 rings (SSSR count). The molecule has 2 fully saturated rings. The van der Waals surface area contributed by atoms with Crippen molar-refractivity contribution in [2.45, 2.75) is 25.7 Å². The zero-order valence-corrected chi connectivity index (χ0v) is 11.6. The Morgan fingerprint density at radius 2 is 1.94 bits per heavy atom. The molecule has 0 bridgehead atoms. The molecule has 1 aromatic carbocycles. The lowest BCUT2D eigenvalue weighted by molar-refractivity contribution is 0.123. The lowest BCUT2D eigenvalue weighted by Gasteiger charge is -2.42. The molecule has 1 atom stereocenters. The van der Waals surface area contributed by atoms with Gasteiger partial charge in [0, 0.05) is 19.0 Å². The molecule has 2 nitrogen and oxygen atoms in total. The molecule has 1 N–H and O–H groups in total. The molecule has 1 spiro atoms. The lowest BCUT2D eigenvalue weighted by Crippen LogP contribution is -2.42. The zero-order chi connectivity index (χ0) is 12.6. The summed E-state index contributed by atoms with van der Waals surface area (Å²) in [4.78, 5) is 2.47. The predicted octanol–water partition coefficient (Wildman–Crippen LogP) is 2.39. The maximum Gasteiger partial charge on any atom is 0.00356 e. The van der Waals surface area contributed by atoms with E-state index in [9.17, 15) is 0 Å². The number of rotatable bonds is 1. The summed E-state index contributed by atoms with van der Waals surface area (Å²) in [6.07, 6.45) is 2.69. The van der Waals surface area contributed by atoms with Crippen molar-refractivity contribution in [2.75, 3.05) is 33.2 Å². The van der Waals surface area contributed by atoms with Crippen LogP contribution in [0.3, 0.4) is 0 Å². The van der Waals surface area contributed by atoms with Gasteiger partial charge in [-0.1, -0.05) is 24.3 Å². The minimum absolute atomic E-state index is 0.513. The first-order valence-electron chi connectivity index (χ1n) is 7.16. The van der Waals surface area contributed by atoms with E-state index >= 15 is 0 Å². The van der Waals surface area contributed by atoms with E-state index in [0.29, 0.717) is 11.3 Å². The number of hydrogen-bond donors (Lipinski definition) is 1. The fraction of sp³-hybridized carbons (Fsp3) is 0.625. The SMILES string of the molecule is Cc1ccccc1C1CNCC12CCN(C)CC2. The molecule has 1 aromatic rings. The summed E-state index contributed by atoms with van der Waals surface area (Å²) in [6, 6.07) is 8.95. The molecule has 2 aliphatic rings. The first-order chi connectivity index (χ1) is 8.71. The summed E-state index contributed by atoms with van der Waals surface area (Å²) < 4.78 is 0. The summed E-state index contributed by atoms with van der Waals surface area (Å²) in [6.45, 7) is 7.14. The Labute approximate surface area is 110 Å². The van der Waals surface area contributed by atoms with Crippen molar-refractivity contribution in [1.82, 2.24) is 10.2 Å². The molecule has 18 heavy (non-hydrogen) atoms. The van der Waals surface area contributed by atoms with Gasteiger partial charge in [-0.3, -0.25) is 0 Å². The van der Waals surface area contributed by atoms with Crippen molar-refractivity contribution < 1.29 is 0 Å². The van der Waals surface area contributed by atoms with Gasteiger partial charge >= 0.3 is 0 Å². The fourth-order valence-electron chi connectivity index (χ4n) is 3.81. The summed E-state index contributed by atoms with van der Waals surface area (Å²) in [5.41, 5.74) is 3.55. The van der Waals surface area contributed by atoms with Gasteiger partial charge in [0.1, 0.15) is 0 Å². The topological polar surface area (TPSA) is 15.3 Å². The van der Waals surface area contributed by atoms with Crippen LogP contribution in [0.15, 0.2) is 24.3 Å². The third-order valence-corrected chi connectivity index (χ3v) is 5.11. The third-order valence-electron chi connectivity index (χ3n) is 5.11. The van der Waals surface area contributed by atoms with Crippen molar-refractivity contribution in [1.29, 1.82) is 0 Å². The Kier molecular flexibility index (Phi) is 3.16. The van der Waals surface area contributed by atoms with Crippen molar-refractivity contribution in [3.05, 3.63) is 35.4 Å². The molecule has 0 radical (unpaired) electrons. The fourth-order valence-corrected chi connectivity index (χ4v) is 3.81. The number of hydrogen-bond acceptors (Lipinski definition) is 2. The first-order valence-corrected chi connectivity index (χ1v) is 7.16. The molecule has 0 aliphatic carbocycles. The molecule has 1 unspecified atom stereocenters. The van der Waals surface area contributed by atoms with Gasteiger partial charge in [0.25, 0.3) is 0 Å². The summed E-state index contributed by atoms with van der Waals surface area (Å²) in [5, 5.41) is 3.65. The first kappa shape index (κ1) is 12.2. The van der Waals surface area contributed by atoms with Crippen LogP contribution in [0, 0.1) is 12.3 Å². The largest absolute Gasteiger partial charge is 0.316 e. The van der Waals surface area contributed by atoms with Crippen LogP contribution in [-0.4, -0.2) is 38.1 Å². The van der Waals surface area contributed by atoms with Crippen LogP contribution in [0.5, 0.6) is 0 Å². The second kappa shape index (κ2) is 4.67. The van der Waals surface area contributed by atoms with E-state index in [1.54, 1.807) is 5.56 Å². The van der Waals surface area contributed by atoms with E-state index in [2.05, 4.69) is 48.5 Å². The van der Waals surface area contributed by atoms with Gasteiger partial charge in [-0.15, -0.1) is 0 Å². The van der Waals surface area contributed by atoms with Gasteiger partial charge in [-0.25, -0.2) is 0 Å². The maximum atomic E-state index is 3.65. The van der Waals surface area contributed by atoms with E-state index < -0.39 is 0 Å². The highest BCUT2D eigenvalue weighted by Gasteiger charge is 2.45. The quantitative estimate of drug-likeness (QED) is 0.816. The van der Waals surface area contributed by atoms with Crippen LogP contribution in [0.1, 0.15) is 29.9 Å². The summed E-state index contributed by atoms with van der Waals surface area (Å²) in [7, 11) is 2.25. The van der Waals surface area contributed by atoms with Gasteiger partial charge in [0.05, 0.1) is 0 Å². The highest BCUT2D eigenvalue weighted by Crippen LogP contribution is 2.47. The van der Waals surface area contributed by atoms with Crippen LogP contribution >= 0.6 is 0 Å². The highest BCUT2D eigenvalue weighted by atomic mass is 15.1.